The van der Waals surface area contributed by atoms with Gasteiger partial charge in [0.2, 0.25) is 5.89 Å². The van der Waals surface area contributed by atoms with Crippen molar-refractivity contribution in [2.75, 3.05) is 0 Å². The molecule has 4 aromatic rings. The Hall–Kier alpha value is -2.45. The van der Waals surface area contributed by atoms with Gasteiger partial charge in [-0.05, 0) is 44.4 Å². The minimum absolute atomic E-state index is 0.00586. The van der Waals surface area contributed by atoms with Gasteiger partial charge in [-0.2, -0.15) is 0 Å². The van der Waals surface area contributed by atoms with Crippen molar-refractivity contribution in [2.24, 2.45) is 0 Å². The first-order valence-corrected chi connectivity index (χ1v) is 10.4. The lowest BCUT2D eigenvalue weighted by Gasteiger charge is -2.17. The fourth-order valence-electron chi connectivity index (χ4n) is 2.77. The van der Waals surface area contributed by atoms with Gasteiger partial charge in [-0.25, -0.2) is 4.98 Å². The van der Waals surface area contributed by atoms with Crippen LogP contribution in [-0.4, -0.2) is 19.7 Å². The molecule has 4 rings (SSSR count). The number of fused-ring (bicyclic) bond motifs is 1. The van der Waals surface area contributed by atoms with Crippen LogP contribution in [0.1, 0.15) is 38.0 Å². The van der Waals surface area contributed by atoms with E-state index in [9.17, 15) is 4.79 Å². The van der Waals surface area contributed by atoms with Crippen LogP contribution >= 0.6 is 23.1 Å². The maximum Gasteiger partial charge on any atom is 0.262 e. The van der Waals surface area contributed by atoms with Crippen molar-refractivity contribution >= 4 is 34.0 Å². The van der Waals surface area contributed by atoms with Crippen molar-refractivity contribution in [2.45, 2.75) is 37.2 Å². The predicted octanol–water partition coefficient (Wildman–Crippen LogP) is 4.94. The first-order valence-electron chi connectivity index (χ1n) is 8.60. The van der Waals surface area contributed by atoms with Crippen molar-refractivity contribution < 1.29 is 4.42 Å². The maximum atomic E-state index is 12.9. The largest absolute Gasteiger partial charge is 0.419 e. The van der Waals surface area contributed by atoms with Gasteiger partial charge >= 0.3 is 0 Å². The summed E-state index contributed by atoms with van der Waals surface area (Å²) >= 11 is 3.00. The Bertz CT molecular complexity index is 1130. The van der Waals surface area contributed by atoms with Crippen LogP contribution in [0, 0.1) is 0 Å². The minimum Gasteiger partial charge on any atom is -0.419 e. The standard InChI is InChI=1S/C19H18N4O2S2/c1-11(2)23-18(24)13-7-4-5-8-14(13)20-19(23)27-12(3)16-21-22-17(25-16)15-9-6-10-26-15/h4-12H,1-3H3/t12-/m1/s1. The lowest BCUT2D eigenvalue weighted by atomic mass is 10.2. The van der Waals surface area contributed by atoms with Crippen LogP contribution in [0.15, 0.2) is 56.1 Å². The number of rotatable bonds is 5. The molecule has 1 aromatic carbocycles. The SMILES string of the molecule is CC(C)n1c(S[C@H](C)c2nnc(-c3cccs3)o2)nc2ccccc2c1=O. The smallest absolute Gasteiger partial charge is 0.262 e. The molecule has 0 aliphatic rings. The molecule has 0 unspecified atom stereocenters. The zero-order chi connectivity index (χ0) is 19.0. The number of aromatic nitrogens is 4. The molecule has 0 spiro atoms. The van der Waals surface area contributed by atoms with E-state index in [1.54, 1.807) is 15.9 Å². The van der Waals surface area contributed by atoms with Crippen LogP contribution in [-0.2, 0) is 0 Å². The van der Waals surface area contributed by atoms with Crippen molar-refractivity contribution in [3.8, 4) is 10.8 Å². The monoisotopic (exact) mass is 398 g/mol. The van der Waals surface area contributed by atoms with Gasteiger partial charge in [-0.3, -0.25) is 9.36 Å². The van der Waals surface area contributed by atoms with Gasteiger partial charge < -0.3 is 4.42 Å². The van der Waals surface area contributed by atoms with E-state index in [1.807, 2.05) is 62.5 Å². The van der Waals surface area contributed by atoms with Gasteiger partial charge in [0.25, 0.3) is 11.4 Å². The molecule has 8 heteroatoms. The third kappa shape index (κ3) is 3.42. The van der Waals surface area contributed by atoms with Gasteiger partial charge in [0, 0.05) is 6.04 Å². The average molecular weight is 399 g/mol. The van der Waals surface area contributed by atoms with E-state index in [1.165, 1.54) is 11.8 Å². The van der Waals surface area contributed by atoms with Crippen molar-refractivity contribution in [1.29, 1.82) is 0 Å². The number of nitrogens with zero attached hydrogens (tertiary/aromatic N) is 4. The number of benzene rings is 1. The third-order valence-electron chi connectivity index (χ3n) is 4.09. The molecule has 0 saturated carbocycles. The summed E-state index contributed by atoms with van der Waals surface area (Å²) in [7, 11) is 0. The first kappa shape index (κ1) is 17.9. The van der Waals surface area contributed by atoms with Crippen molar-refractivity contribution in [1.82, 2.24) is 19.7 Å². The molecule has 0 fully saturated rings. The number of thiophene rings is 1. The van der Waals surface area contributed by atoms with Crippen molar-refractivity contribution in [3.63, 3.8) is 0 Å². The second-order valence-corrected chi connectivity index (χ2v) is 8.62. The Kier molecular flexibility index (Phi) is 4.84. The van der Waals surface area contributed by atoms with Crippen LogP contribution in [0.5, 0.6) is 0 Å². The Morgan fingerprint density at radius 1 is 1.11 bits per heavy atom. The van der Waals surface area contributed by atoms with Crippen LogP contribution < -0.4 is 5.56 Å². The van der Waals surface area contributed by atoms with E-state index in [4.69, 9.17) is 9.40 Å². The quantitative estimate of drug-likeness (QED) is 0.350. The molecule has 3 heterocycles. The number of thioether (sulfide) groups is 1. The molecule has 1 atom stereocenters. The number of hydrogen-bond acceptors (Lipinski definition) is 7. The van der Waals surface area contributed by atoms with Gasteiger partial charge in [-0.1, -0.05) is 30.0 Å². The molecule has 6 nitrogen and oxygen atoms in total. The van der Waals surface area contributed by atoms with E-state index in [-0.39, 0.29) is 16.9 Å². The van der Waals surface area contributed by atoms with Crippen LogP contribution in [0.3, 0.4) is 0 Å². The second-order valence-electron chi connectivity index (χ2n) is 6.36. The van der Waals surface area contributed by atoms with E-state index in [0.717, 1.165) is 4.88 Å². The highest BCUT2D eigenvalue weighted by molar-refractivity contribution is 7.99. The fourth-order valence-corrected chi connectivity index (χ4v) is 4.49. The lowest BCUT2D eigenvalue weighted by Crippen LogP contribution is -2.25. The molecule has 0 radical (unpaired) electrons. The summed E-state index contributed by atoms with van der Waals surface area (Å²) in [4.78, 5) is 18.6. The first-order chi connectivity index (χ1) is 13.0. The average Bonchev–Trinajstić information content (AvgIpc) is 3.33. The molecule has 0 amide bonds. The van der Waals surface area contributed by atoms with Crippen LogP contribution in [0.2, 0.25) is 0 Å². The summed E-state index contributed by atoms with van der Waals surface area (Å²) in [5.74, 6) is 1.03. The third-order valence-corrected chi connectivity index (χ3v) is 6.01. The van der Waals surface area contributed by atoms with Gasteiger partial charge in [-0.15, -0.1) is 21.5 Å². The predicted molar refractivity (Wildman–Crippen MR) is 108 cm³/mol. The van der Waals surface area contributed by atoms with Gasteiger partial charge in [0.15, 0.2) is 5.16 Å². The van der Waals surface area contributed by atoms with Gasteiger partial charge in [0.1, 0.15) is 0 Å². The lowest BCUT2D eigenvalue weighted by molar-refractivity contribution is 0.503. The van der Waals surface area contributed by atoms with E-state index in [0.29, 0.717) is 27.8 Å². The summed E-state index contributed by atoms with van der Waals surface area (Å²) in [6.07, 6.45) is 0. The van der Waals surface area contributed by atoms with Gasteiger partial charge in [0.05, 0.1) is 21.0 Å². The molecule has 27 heavy (non-hydrogen) atoms. The molecule has 3 aromatic heterocycles. The summed E-state index contributed by atoms with van der Waals surface area (Å²) in [6, 6.07) is 11.3. The van der Waals surface area contributed by atoms with Crippen LogP contribution in [0.4, 0.5) is 0 Å². The summed E-state index contributed by atoms with van der Waals surface area (Å²) in [5.41, 5.74) is 0.661. The molecular formula is C19H18N4O2S2. The molecule has 0 aliphatic carbocycles. The summed E-state index contributed by atoms with van der Waals surface area (Å²) in [6.45, 7) is 5.94. The Morgan fingerprint density at radius 3 is 2.67 bits per heavy atom. The maximum absolute atomic E-state index is 12.9. The minimum atomic E-state index is -0.135. The highest BCUT2D eigenvalue weighted by atomic mass is 32.2. The van der Waals surface area contributed by atoms with E-state index in [2.05, 4.69) is 10.2 Å². The molecule has 138 valence electrons. The summed E-state index contributed by atoms with van der Waals surface area (Å²) < 4.78 is 7.55. The molecule has 0 bridgehead atoms. The normalized spacial score (nSPS) is 12.7. The Balaban J connectivity index is 1.70. The van der Waals surface area contributed by atoms with E-state index < -0.39 is 0 Å². The fraction of sp³-hybridized carbons (Fsp3) is 0.263. The highest BCUT2D eigenvalue weighted by Gasteiger charge is 2.21. The van der Waals surface area contributed by atoms with Crippen molar-refractivity contribution in [3.05, 3.63) is 58.0 Å². The second kappa shape index (κ2) is 7.28. The topological polar surface area (TPSA) is 73.8 Å². The Labute approximate surface area is 164 Å². The number of para-hydroxylation sites is 1. The van der Waals surface area contributed by atoms with E-state index >= 15 is 0 Å². The Morgan fingerprint density at radius 2 is 1.93 bits per heavy atom. The van der Waals surface area contributed by atoms with Crippen LogP contribution in [0.25, 0.3) is 21.7 Å². The number of hydrogen-bond donors (Lipinski definition) is 0. The molecule has 0 saturated heterocycles. The molecular weight excluding hydrogens is 380 g/mol. The zero-order valence-electron chi connectivity index (χ0n) is 15.1. The highest BCUT2D eigenvalue weighted by Crippen LogP contribution is 2.35. The molecule has 0 N–H and O–H groups in total. The zero-order valence-corrected chi connectivity index (χ0v) is 16.8. The summed E-state index contributed by atoms with van der Waals surface area (Å²) in [5, 5.41) is 11.4. The molecule has 0 aliphatic heterocycles.